The van der Waals surface area contributed by atoms with Gasteiger partial charge in [0.15, 0.2) is 5.69 Å². The van der Waals surface area contributed by atoms with Crippen molar-refractivity contribution >= 4 is 56.3 Å². The summed E-state index contributed by atoms with van der Waals surface area (Å²) in [5, 5.41) is 12.2. The van der Waals surface area contributed by atoms with Gasteiger partial charge in [-0.2, -0.15) is 0 Å². The minimum Gasteiger partial charge on any atom is -0.497 e. The topological polar surface area (TPSA) is 77.2 Å². The largest absolute Gasteiger partial charge is 0.497 e. The lowest BCUT2D eigenvalue weighted by atomic mass is 10.1. The minimum absolute atomic E-state index is 0.213. The second kappa shape index (κ2) is 7.43. The van der Waals surface area contributed by atoms with Gasteiger partial charge in [0, 0.05) is 20.7 Å². The Labute approximate surface area is 174 Å². The van der Waals surface area contributed by atoms with E-state index < -0.39 is 5.91 Å². The van der Waals surface area contributed by atoms with Crippen LogP contribution >= 0.6 is 34.5 Å². The summed E-state index contributed by atoms with van der Waals surface area (Å²) in [4.78, 5) is 13.2. The van der Waals surface area contributed by atoms with Crippen LogP contribution in [0.5, 0.6) is 5.75 Å². The molecule has 4 aromatic rings. The van der Waals surface area contributed by atoms with Crippen LogP contribution in [0, 0.1) is 6.92 Å². The molecular formula is C19H13Cl2N3O3S. The number of aryl methyl sites for hydroxylation is 1. The first-order chi connectivity index (χ1) is 13.5. The second-order valence-electron chi connectivity index (χ2n) is 5.98. The van der Waals surface area contributed by atoms with Crippen molar-refractivity contribution in [2.24, 2.45) is 0 Å². The van der Waals surface area contributed by atoms with Gasteiger partial charge in [-0.05, 0) is 53.1 Å². The SMILES string of the molecule is COc1ccc(-c2nonc2NC(=O)c2sc3cc(Cl)ccc3c2Cl)c(C)c1. The van der Waals surface area contributed by atoms with E-state index in [1.165, 1.54) is 11.3 Å². The van der Waals surface area contributed by atoms with Gasteiger partial charge >= 0.3 is 0 Å². The summed E-state index contributed by atoms with van der Waals surface area (Å²) in [5.41, 5.74) is 2.10. The van der Waals surface area contributed by atoms with E-state index in [2.05, 4.69) is 15.6 Å². The number of anilines is 1. The molecule has 4 rings (SSSR count). The fourth-order valence-corrected chi connectivity index (χ4v) is 4.51. The van der Waals surface area contributed by atoms with Gasteiger partial charge in [-0.25, -0.2) is 4.63 Å². The van der Waals surface area contributed by atoms with E-state index in [0.29, 0.717) is 20.6 Å². The van der Waals surface area contributed by atoms with Crippen LogP contribution in [0.15, 0.2) is 41.0 Å². The molecule has 6 nitrogen and oxygen atoms in total. The number of benzene rings is 2. The quantitative estimate of drug-likeness (QED) is 0.438. The molecule has 28 heavy (non-hydrogen) atoms. The van der Waals surface area contributed by atoms with Crippen molar-refractivity contribution in [1.29, 1.82) is 0 Å². The molecule has 0 atom stereocenters. The monoisotopic (exact) mass is 433 g/mol. The number of nitrogens with one attached hydrogen (secondary N) is 1. The summed E-state index contributed by atoms with van der Waals surface area (Å²) in [7, 11) is 1.60. The van der Waals surface area contributed by atoms with Crippen molar-refractivity contribution < 1.29 is 14.2 Å². The van der Waals surface area contributed by atoms with E-state index in [1.807, 2.05) is 19.1 Å². The van der Waals surface area contributed by atoms with Crippen LogP contribution in [0.1, 0.15) is 15.2 Å². The lowest BCUT2D eigenvalue weighted by Crippen LogP contribution is -2.11. The van der Waals surface area contributed by atoms with Crippen molar-refractivity contribution in [2.45, 2.75) is 6.92 Å². The summed E-state index contributed by atoms with van der Waals surface area (Å²) >= 11 is 13.7. The standard InChI is InChI=1S/C19H13Cl2N3O3S/c1-9-7-11(26-2)4-6-12(9)16-18(24-27-23-16)22-19(25)17-15(21)13-5-3-10(20)8-14(13)28-17/h3-8H,1-2H3,(H,22,24,25). The molecule has 0 bridgehead atoms. The number of thiophene rings is 1. The number of rotatable bonds is 4. The highest BCUT2D eigenvalue weighted by molar-refractivity contribution is 7.21. The van der Waals surface area contributed by atoms with Crippen molar-refractivity contribution in [3.05, 3.63) is 56.9 Å². The number of fused-ring (bicyclic) bond motifs is 1. The zero-order chi connectivity index (χ0) is 19.8. The molecule has 2 aromatic carbocycles. The minimum atomic E-state index is -0.398. The number of aromatic nitrogens is 2. The van der Waals surface area contributed by atoms with E-state index in [0.717, 1.165) is 27.0 Å². The molecule has 142 valence electrons. The molecule has 2 heterocycles. The van der Waals surface area contributed by atoms with E-state index in [1.54, 1.807) is 31.4 Å². The molecule has 1 N–H and O–H groups in total. The number of carbonyl (C=O) groups is 1. The summed E-state index contributed by atoms with van der Waals surface area (Å²) < 4.78 is 10.9. The molecule has 0 aliphatic carbocycles. The van der Waals surface area contributed by atoms with Gasteiger partial charge in [-0.1, -0.05) is 29.3 Å². The lowest BCUT2D eigenvalue weighted by molar-refractivity contribution is 0.102. The summed E-state index contributed by atoms with van der Waals surface area (Å²) in [5.74, 6) is 0.536. The van der Waals surface area contributed by atoms with E-state index in [-0.39, 0.29) is 5.82 Å². The maximum absolute atomic E-state index is 12.8. The summed E-state index contributed by atoms with van der Waals surface area (Å²) in [6, 6.07) is 10.8. The number of ether oxygens (including phenoxy) is 1. The van der Waals surface area contributed by atoms with Crippen LogP contribution < -0.4 is 10.1 Å². The van der Waals surface area contributed by atoms with Crippen molar-refractivity contribution in [2.75, 3.05) is 12.4 Å². The Morgan fingerprint density at radius 3 is 2.75 bits per heavy atom. The van der Waals surface area contributed by atoms with Crippen LogP contribution in [0.3, 0.4) is 0 Å². The molecule has 0 fully saturated rings. The smallest absolute Gasteiger partial charge is 0.268 e. The Morgan fingerprint density at radius 2 is 2.00 bits per heavy atom. The highest BCUT2D eigenvalue weighted by Crippen LogP contribution is 2.37. The van der Waals surface area contributed by atoms with Crippen molar-refractivity contribution in [3.8, 4) is 17.0 Å². The number of carbonyl (C=O) groups excluding carboxylic acids is 1. The van der Waals surface area contributed by atoms with Gasteiger partial charge in [0.1, 0.15) is 10.6 Å². The average Bonchev–Trinajstić information content (AvgIpc) is 3.25. The molecule has 0 saturated carbocycles. The van der Waals surface area contributed by atoms with Gasteiger partial charge in [0.25, 0.3) is 5.91 Å². The van der Waals surface area contributed by atoms with Gasteiger partial charge in [-0.3, -0.25) is 4.79 Å². The molecule has 0 aliphatic heterocycles. The van der Waals surface area contributed by atoms with Gasteiger partial charge in [0.2, 0.25) is 5.82 Å². The number of methoxy groups -OCH3 is 1. The first kappa shape index (κ1) is 18.7. The number of nitrogens with zero attached hydrogens (tertiary/aromatic N) is 2. The van der Waals surface area contributed by atoms with Crippen LogP contribution in [-0.4, -0.2) is 23.3 Å². The third kappa shape index (κ3) is 3.32. The lowest BCUT2D eigenvalue weighted by Gasteiger charge is -2.07. The van der Waals surface area contributed by atoms with Gasteiger partial charge in [-0.15, -0.1) is 11.3 Å². The first-order valence-electron chi connectivity index (χ1n) is 8.14. The summed E-state index contributed by atoms with van der Waals surface area (Å²) in [6.07, 6.45) is 0. The summed E-state index contributed by atoms with van der Waals surface area (Å²) in [6.45, 7) is 1.91. The molecule has 9 heteroatoms. The van der Waals surface area contributed by atoms with E-state index >= 15 is 0 Å². The molecule has 1 amide bonds. The fraction of sp³-hybridized carbons (Fsp3) is 0.105. The number of hydrogen-bond acceptors (Lipinski definition) is 6. The van der Waals surface area contributed by atoms with E-state index in [4.69, 9.17) is 32.6 Å². The molecular weight excluding hydrogens is 421 g/mol. The maximum atomic E-state index is 12.8. The van der Waals surface area contributed by atoms with Crippen LogP contribution in [-0.2, 0) is 0 Å². The zero-order valence-electron chi connectivity index (χ0n) is 14.7. The number of halogens is 2. The second-order valence-corrected chi connectivity index (χ2v) is 7.85. The normalized spacial score (nSPS) is 11.0. The number of amides is 1. The molecule has 0 saturated heterocycles. The predicted octanol–water partition coefficient (Wildman–Crippen LogP) is 5.83. The molecule has 0 radical (unpaired) electrons. The maximum Gasteiger partial charge on any atom is 0.268 e. The Kier molecular flexibility index (Phi) is 4.97. The Morgan fingerprint density at radius 1 is 1.18 bits per heavy atom. The highest BCUT2D eigenvalue weighted by atomic mass is 35.5. The Balaban J connectivity index is 1.67. The van der Waals surface area contributed by atoms with E-state index in [9.17, 15) is 4.79 Å². The van der Waals surface area contributed by atoms with Crippen LogP contribution in [0.25, 0.3) is 21.3 Å². The zero-order valence-corrected chi connectivity index (χ0v) is 17.1. The molecule has 0 aliphatic rings. The number of hydrogen-bond donors (Lipinski definition) is 1. The van der Waals surface area contributed by atoms with Crippen LogP contribution in [0.4, 0.5) is 5.82 Å². The van der Waals surface area contributed by atoms with Gasteiger partial charge in [0.05, 0.1) is 12.1 Å². The molecule has 0 unspecified atom stereocenters. The third-order valence-electron chi connectivity index (χ3n) is 4.21. The van der Waals surface area contributed by atoms with Crippen molar-refractivity contribution in [3.63, 3.8) is 0 Å². The van der Waals surface area contributed by atoms with Crippen molar-refractivity contribution in [1.82, 2.24) is 10.3 Å². The fourth-order valence-electron chi connectivity index (χ4n) is 2.83. The highest BCUT2D eigenvalue weighted by Gasteiger charge is 2.22. The Bertz CT molecular complexity index is 1200. The Hall–Kier alpha value is -2.61. The first-order valence-corrected chi connectivity index (χ1v) is 9.71. The van der Waals surface area contributed by atoms with Crippen LogP contribution in [0.2, 0.25) is 10.0 Å². The van der Waals surface area contributed by atoms with Gasteiger partial charge < -0.3 is 10.1 Å². The third-order valence-corrected chi connectivity index (χ3v) is 6.10. The predicted molar refractivity (Wildman–Crippen MR) is 111 cm³/mol. The average molecular weight is 434 g/mol. The molecule has 0 spiro atoms. The molecule has 2 aromatic heterocycles.